The third-order valence-electron chi connectivity index (χ3n) is 9.70. The number of benzene rings is 2. The second kappa shape index (κ2) is 15.2. The number of rotatable bonds is 10. The number of likely N-dealkylation sites (tertiary alicyclic amines) is 2. The Morgan fingerprint density at radius 1 is 0.863 bits per heavy atom. The van der Waals surface area contributed by atoms with Crippen molar-refractivity contribution in [1.29, 1.82) is 0 Å². The number of nitrogens with one attached hydrogen (secondary N) is 4. The number of aromatic nitrogens is 4. The highest BCUT2D eigenvalue weighted by atomic mass is 16.5. The lowest BCUT2D eigenvalue weighted by Crippen LogP contribution is -2.51. The van der Waals surface area contributed by atoms with Crippen LogP contribution in [0.3, 0.4) is 0 Å². The first-order valence-corrected chi connectivity index (χ1v) is 17.6. The highest BCUT2D eigenvalue weighted by molar-refractivity contribution is 5.88. The van der Waals surface area contributed by atoms with Gasteiger partial charge in [-0.05, 0) is 73.4 Å². The van der Waals surface area contributed by atoms with Crippen molar-refractivity contribution < 1.29 is 23.9 Å². The lowest BCUT2D eigenvalue weighted by Gasteiger charge is -2.29. The second-order valence-electron chi connectivity index (χ2n) is 13.7. The molecule has 0 spiro atoms. The fourth-order valence-corrected chi connectivity index (χ4v) is 7.07. The van der Waals surface area contributed by atoms with E-state index in [1.54, 1.807) is 18.0 Å². The summed E-state index contributed by atoms with van der Waals surface area (Å²) < 4.78 is 4.74. The van der Waals surface area contributed by atoms with Gasteiger partial charge in [-0.2, -0.15) is 0 Å². The number of methoxy groups -OCH3 is 1. The minimum absolute atomic E-state index is 0.0977. The van der Waals surface area contributed by atoms with Crippen LogP contribution >= 0.6 is 0 Å². The highest BCUT2D eigenvalue weighted by Gasteiger charge is 2.38. The van der Waals surface area contributed by atoms with Gasteiger partial charge >= 0.3 is 6.09 Å². The molecule has 2 saturated heterocycles. The molecule has 268 valence electrons. The zero-order valence-electron chi connectivity index (χ0n) is 29.7. The van der Waals surface area contributed by atoms with E-state index in [1.165, 1.54) is 14.0 Å². The quantitative estimate of drug-likeness (QED) is 0.174. The van der Waals surface area contributed by atoms with E-state index < -0.39 is 18.2 Å². The summed E-state index contributed by atoms with van der Waals surface area (Å²) in [6, 6.07) is 12.8. The third-order valence-corrected chi connectivity index (χ3v) is 9.70. The zero-order chi connectivity index (χ0) is 36.2. The van der Waals surface area contributed by atoms with Crippen molar-refractivity contribution in [3.63, 3.8) is 0 Å². The number of carbonyl (C=O) groups excluding carboxylic acids is 4. The first-order chi connectivity index (χ1) is 24.5. The topological polar surface area (TPSA) is 165 Å². The molecule has 2 aliphatic heterocycles. The predicted molar refractivity (Wildman–Crippen MR) is 194 cm³/mol. The number of carbonyl (C=O) groups is 4. The molecule has 4 amide bonds. The Morgan fingerprint density at radius 3 is 2.20 bits per heavy atom. The molecule has 0 saturated carbocycles. The van der Waals surface area contributed by atoms with Crippen LogP contribution in [0.1, 0.15) is 88.4 Å². The molecular formula is C38H46N8O5. The summed E-state index contributed by atoms with van der Waals surface area (Å²) in [5, 5.41) is 5.38. The Labute approximate surface area is 297 Å². The molecule has 13 heteroatoms. The normalized spacial score (nSPS) is 18.8. The Bertz CT molecular complexity index is 1930. The average molecular weight is 695 g/mol. The van der Waals surface area contributed by atoms with E-state index in [9.17, 15) is 19.2 Å². The molecule has 0 aliphatic carbocycles. The van der Waals surface area contributed by atoms with Crippen LogP contribution in [-0.2, 0) is 19.1 Å². The van der Waals surface area contributed by atoms with Crippen molar-refractivity contribution in [1.82, 2.24) is 40.4 Å². The minimum Gasteiger partial charge on any atom is -0.453 e. The van der Waals surface area contributed by atoms with Crippen molar-refractivity contribution in [2.45, 2.75) is 77.5 Å². The number of ether oxygens (including phenoxy) is 1. The molecule has 4 heterocycles. The number of imidazole rings is 2. The second-order valence-corrected chi connectivity index (χ2v) is 13.7. The molecule has 2 aromatic heterocycles. The van der Waals surface area contributed by atoms with Crippen molar-refractivity contribution in [2.24, 2.45) is 5.92 Å². The molecule has 2 aliphatic rings. The van der Waals surface area contributed by atoms with Crippen LogP contribution in [0.25, 0.3) is 34.3 Å². The van der Waals surface area contributed by atoms with Gasteiger partial charge in [-0.1, -0.05) is 50.3 Å². The Hall–Kier alpha value is -5.46. The molecular weight excluding hydrogens is 648 g/mol. The summed E-state index contributed by atoms with van der Waals surface area (Å²) in [6.07, 6.45) is 8.46. The maximum atomic E-state index is 13.4. The smallest absolute Gasteiger partial charge is 0.407 e. The number of aromatic amines is 2. The molecule has 4 aromatic rings. The number of fused-ring (bicyclic) bond motifs is 1. The summed E-state index contributed by atoms with van der Waals surface area (Å²) >= 11 is 0. The summed E-state index contributed by atoms with van der Waals surface area (Å²) in [6.45, 7) is 8.16. The van der Waals surface area contributed by atoms with Gasteiger partial charge in [0.1, 0.15) is 23.7 Å². The van der Waals surface area contributed by atoms with Crippen molar-refractivity contribution in [2.75, 3.05) is 20.2 Å². The van der Waals surface area contributed by atoms with Crippen molar-refractivity contribution >= 4 is 47.0 Å². The summed E-state index contributed by atoms with van der Waals surface area (Å²) in [5.41, 5.74) is 5.69. The van der Waals surface area contributed by atoms with Crippen LogP contribution in [0.4, 0.5) is 4.79 Å². The van der Waals surface area contributed by atoms with E-state index in [-0.39, 0.29) is 35.7 Å². The summed E-state index contributed by atoms with van der Waals surface area (Å²) in [5.74, 6) is 0.914. The zero-order valence-corrected chi connectivity index (χ0v) is 29.7. The number of hydrogen-bond donors (Lipinski definition) is 4. The third kappa shape index (κ3) is 7.82. The average Bonchev–Trinajstić information content (AvgIpc) is 3.94. The standard InChI is InChI=1S/C38H46N8O5/c1-22(2)33(44-38(50)51-5)37(49)46-19-6-8-31(46)34-39-21-28(41-34)16-12-25-10-13-26(14-11-25)27-15-17-29-30(20-27)43-35(42-29)32-9-7-18-45(32)36(48)23(3)40-24(4)47/h10-17,20-23,31-33H,6-9,18-19H2,1-5H3,(H,39,41)(H,40,47)(H,42,43)(H,44,50)/b16-12+. The minimum atomic E-state index is -0.680. The molecule has 4 atom stereocenters. The molecule has 0 bridgehead atoms. The molecule has 13 nitrogen and oxygen atoms in total. The van der Waals surface area contributed by atoms with Gasteiger partial charge < -0.3 is 35.1 Å². The fraction of sp³-hybridized carbons (Fsp3) is 0.421. The van der Waals surface area contributed by atoms with Gasteiger partial charge in [0.15, 0.2) is 0 Å². The van der Waals surface area contributed by atoms with Gasteiger partial charge in [0, 0.05) is 20.0 Å². The van der Waals surface area contributed by atoms with Gasteiger partial charge in [-0.3, -0.25) is 14.4 Å². The number of H-pyrrole nitrogens is 2. The van der Waals surface area contributed by atoms with Crippen LogP contribution < -0.4 is 10.6 Å². The van der Waals surface area contributed by atoms with Gasteiger partial charge in [0.05, 0.1) is 42.1 Å². The van der Waals surface area contributed by atoms with Gasteiger partial charge in [0.25, 0.3) is 0 Å². The van der Waals surface area contributed by atoms with Gasteiger partial charge in [-0.15, -0.1) is 0 Å². The largest absolute Gasteiger partial charge is 0.453 e. The predicted octanol–water partition coefficient (Wildman–Crippen LogP) is 5.36. The fourth-order valence-electron chi connectivity index (χ4n) is 7.07. The lowest BCUT2D eigenvalue weighted by molar-refractivity contribution is -0.136. The molecule has 6 rings (SSSR count). The molecule has 51 heavy (non-hydrogen) atoms. The first kappa shape index (κ1) is 35.4. The van der Waals surface area contributed by atoms with Crippen molar-refractivity contribution in [3.8, 4) is 11.1 Å². The Balaban J connectivity index is 1.11. The molecule has 4 unspecified atom stereocenters. The van der Waals surface area contributed by atoms with E-state index in [1.807, 2.05) is 43.0 Å². The Kier molecular flexibility index (Phi) is 10.5. The molecule has 0 radical (unpaired) electrons. The summed E-state index contributed by atoms with van der Waals surface area (Å²) in [7, 11) is 1.29. The van der Waals surface area contributed by atoms with Gasteiger partial charge in [0.2, 0.25) is 17.7 Å². The van der Waals surface area contributed by atoms with Gasteiger partial charge in [-0.25, -0.2) is 14.8 Å². The van der Waals surface area contributed by atoms with E-state index in [4.69, 9.17) is 9.72 Å². The van der Waals surface area contributed by atoms with E-state index in [2.05, 4.69) is 55.9 Å². The van der Waals surface area contributed by atoms with Crippen LogP contribution in [0.2, 0.25) is 0 Å². The monoisotopic (exact) mass is 694 g/mol. The molecule has 4 N–H and O–H groups in total. The van der Waals surface area contributed by atoms with Crippen LogP contribution in [-0.4, -0.2) is 85.8 Å². The highest BCUT2D eigenvalue weighted by Crippen LogP contribution is 2.34. The number of hydrogen-bond acceptors (Lipinski definition) is 7. The number of alkyl carbamates (subject to hydrolysis) is 1. The van der Waals surface area contributed by atoms with Crippen LogP contribution in [0.15, 0.2) is 48.7 Å². The van der Waals surface area contributed by atoms with E-state index >= 15 is 0 Å². The maximum Gasteiger partial charge on any atom is 0.407 e. The maximum absolute atomic E-state index is 13.4. The Morgan fingerprint density at radius 2 is 1.53 bits per heavy atom. The lowest BCUT2D eigenvalue weighted by atomic mass is 10.0. The van der Waals surface area contributed by atoms with Crippen molar-refractivity contribution in [3.05, 3.63) is 71.6 Å². The van der Waals surface area contributed by atoms with E-state index in [0.29, 0.717) is 13.1 Å². The van der Waals surface area contributed by atoms with Crippen LogP contribution in [0, 0.1) is 5.92 Å². The summed E-state index contributed by atoms with van der Waals surface area (Å²) in [4.78, 5) is 69.8. The molecule has 2 fully saturated rings. The number of amides is 4. The van der Waals surface area contributed by atoms with Crippen LogP contribution in [0.5, 0.6) is 0 Å². The van der Waals surface area contributed by atoms with E-state index in [0.717, 1.165) is 70.7 Å². The molecule has 2 aromatic carbocycles. The SMILES string of the molecule is COC(=O)NC(C(=O)N1CCCC1c1ncc(/C=C/c2ccc(-c3ccc4nc(C5CCCN5C(=O)C(C)NC(C)=O)[nH]c4c3)cc2)[nH]1)C(C)C. The first-order valence-electron chi connectivity index (χ1n) is 17.6. The number of nitrogens with zero attached hydrogens (tertiary/aromatic N) is 4.